The topological polar surface area (TPSA) is 56.0 Å². The molecule has 0 atom stereocenters. The summed E-state index contributed by atoms with van der Waals surface area (Å²) in [6.45, 7) is 0. The fourth-order valence-electron chi connectivity index (χ4n) is 1.04. The van der Waals surface area contributed by atoms with Crippen molar-refractivity contribution in [3.63, 3.8) is 0 Å². The van der Waals surface area contributed by atoms with Crippen LogP contribution in [0, 0.1) is 10.1 Å². The van der Waals surface area contributed by atoms with Gasteiger partial charge in [0.25, 0.3) is 0 Å². The molecular formula is C9H6N2O2S2. The summed E-state index contributed by atoms with van der Waals surface area (Å²) in [5.74, 6) is 0. The molecule has 4 nitrogen and oxygen atoms in total. The molecule has 1 heterocycles. The van der Waals surface area contributed by atoms with Crippen molar-refractivity contribution >= 4 is 33.3 Å². The predicted octanol–water partition coefficient (Wildman–Crippen LogP) is 3.14. The first-order valence-corrected chi connectivity index (χ1v) is 5.78. The first-order chi connectivity index (χ1) is 7.25. The van der Waals surface area contributed by atoms with Crippen LogP contribution >= 0.6 is 23.1 Å². The number of thiazole rings is 1. The van der Waals surface area contributed by atoms with Crippen molar-refractivity contribution in [2.24, 2.45) is 0 Å². The lowest BCUT2D eigenvalue weighted by molar-refractivity contribution is -0.402. The van der Waals surface area contributed by atoms with E-state index in [2.05, 4.69) is 4.98 Å². The lowest BCUT2D eigenvalue weighted by atomic mass is 10.3. The van der Waals surface area contributed by atoms with E-state index in [4.69, 9.17) is 0 Å². The molecule has 0 aliphatic rings. The summed E-state index contributed by atoms with van der Waals surface area (Å²) in [6, 6.07) is 7.77. The van der Waals surface area contributed by atoms with E-state index in [1.165, 1.54) is 28.5 Å². The van der Waals surface area contributed by atoms with Crippen LogP contribution in [-0.2, 0) is 0 Å². The van der Waals surface area contributed by atoms with E-state index >= 15 is 0 Å². The van der Waals surface area contributed by atoms with Gasteiger partial charge in [0.1, 0.15) is 0 Å². The second kappa shape index (κ2) is 4.41. The molecule has 2 aromatic rings. The molecular weight excluding hydrogens is 232 g/mol. The van der Waals surface area contributed by atoms with Gasteiger partial charge >= 0.3 is 0 Å². The van der Waals surface area contributed by atoms with Gasteiger partial charge in [-0.05, 0) is 12.1 Å². The largest absolute Gasteiger partial charge is 0.259 e. The van der Waals surface area contributed by atoms with Crippen molar-refractivity contribution < 1.29 is 4.92 Å². The summed E-state index contributed by atoms with van der Waals surface area (Å²) in [5.41, 5.74) is 0.930. The molecule has 0 saturated carbocycles. The highest BCUT2D eigenvalue weighted by Gasteiger charge is 2.01. The molecule has 1 aromatic carbocycles. The number of nitro groups is 1. The van der Waals surface area contributed by atoms with Crippen molar-refractivity contribution in [3.8, 4) is 0 Å². The van der Waals surface area contributed by atoms with E-state index in [1.54, 1.807) is 0 Å². The number of nitrogens with zero attached hydrogens (tertiary/aromatic N) is 2. The average molecular weight is 238 g/mol. The first-order valence-electron chi connectivity index (χ1n) is 4.08. The number of para-hydroxylation sites is 1. The summed E-state index contributed by atoms with van der Waals surface area (Å²) < 4.78 is 1.91. The Kier molecular flexibility index (Phi) is 2.98. The SMILES string of the molecule is O=[N+]([O-])C=CSc1nc2ccccc2s1. The number of hydrogen-bond acceptors (Lipinski definition) is 5. The molecule has 0 fully saturated rings. The number of rotatable bonds is 3. The smallest absolute Gasteiger partial charge is 0.241 e. The Labute approximate surface area is 93.8 Å². The second-order valence-corrected chi connectivity index (χ2v) is 4.82. The normalized spacial score (nSPS) is 11.2. The molecule has 6 heteroatoms. The van der Waals surface area contributed by atoms with Gasteiger partial charge < -0.3 is 0 Å². The van der Waals surface area contributed by atoms with E-state index in [0.29, 0.717) is 0 Å². The third-order valence-corrected chi connectivity index (χ3v) is 3.55. The van der Waals surface area contributed by atoms with Gasteiger partial charge in [0.2, 0.25) is 6.20 Å². The number of aromatic nitrogens is 1. The first kappa shape index (κ1) is 10.1. The Bertz CT molecular complexity index is 489. The zero-order valence-electron chi connectivity index (χ0n) is 7.49. The molecule has 1 aromatic heterocycles. The molecule has 0 spiro atoms. The van der Waals surface area contributed by atoms with Crippen molar-refractivity contribution in [3.05, 3.63) is 46.0 Å². The van der Waals surface area contributed by atoms with Crippen LogP contribution in [0.2, 0.25) is 0 Å². The third-order valence-electron chi connectivity index (χ3n) is 1.63. The number of fused-ring (bicyclic) bond motifs is 1. The van der Waals surface area contributed by atoms with Crippen LogP contribution in [0.3, 0.4) is 0 Å². The number of thioether (sulfide) groups is 1. The minimum absolute atomic E-state index is 0.486. The Morgan fingerprint density at radius 2 is 2.27 bits per heavy atom. The maximum atomic E-state index is 10.1. The molecule has 0 saturated heterocycles. The highest BCUT2D eigenvalue weighted by molar-refractivity contribution is 8.03. The van der Waals surface area contributed by atoms with Gasteiger partial charge in [-0.1, -0.05) is 23.9 Å². The number of benzene rings is 1. The van der Waals surface area contributed by atoms with Gasteiger partial charge in [-0.25, -0.2) is 4.98 Å². The molecule has 0 amide bonds. The summed E-state index contributed by atoms with van der Waals surface area (Å²) >= 11 is 2.79. The van der Waals surface area contributed by atoms with Gasteiger partial charge in [-0.3, -0.25) is 10.1 Å². The van der Waals surface area contributed by atoms with Crippen LogP contribution in [0.15, 0.2) is 40.2 Å². The fraction of sp³-hybridized carbons (Fsp3) is 0. The van der Waals surface area contributed by atoms with Gasteiger partial charge in [-0.15, -0.1) is 11.3 Å². The summed E-state index contributed by atoms with van der Waals surface area (Å²) in [5, 5.41) is 11.5. The minimum atomic E-state index is -0.486. The van der Waals surface area contributed by atoms with Crippen LogP contribution in [0.1, 0.15) is 0 Å². The van der Waals surface area contributed by atoms with E-state index in [1.807, 2.05) is 24.3 Å². The van der Waals surface area contributed by atoms with E-state index in [-0.39, 0.29) is 0 Å². The maximum absolute atomic E-state index is 10.1. The van der Waals surface area contributed by atoms with Gasteiger partial charge in [0.15, 0.2) is 4.34 Å². The monoisotopic (exact) mass is 238 g/mol. The molecule has 0 aliphatic carbocycles. The quantitative estimate of drug-likeness (QED) is 0.468. The molecule has 0 unspecified atom stereocenters. The van der Waals surface area contributed by atoms with Crippen molar-refractivity contribution in [2.45, 2.75) is 4.34 Å². The highest BCUT2D eigenvalue weighted by Crippen LogP contribution is 2.29. The minimum Gasteiger partial charge on any atom is -0.259 e. The Morgan fingerprint density at radius 3 is 3.00 bits per heavy atom. The molecule has 2 rings (SSSR count). The summed E-state index contributed by atoms with van der Waals surface area (Å²) in [4.78, 5) is 13.9. The van der Waals surface area contributed by atoms with Crippen LogP contribution in [0.5, 0.6) is 0 Å². The van der Waals surface area contributed by atoms with Crippen molar-refractivity contribution in [2.75, 3.05) is 0 Å². The van der Waals surface area contributed by atoms with E-state index < -0.39 is 4.92 Å². The van der Waals surface area contributed by atoms with Crippen LogP contribution < -0.4 is 0 Å². The zero-order chi connectivity index (χ0) is 10.7. The highest BCUT2D eigenvalue weighted by atomic mass is 32.2. The van der Waals surface area contributed by atoms with E-state index in [9.17, 15) is 10.1 Å². The molecule has 76 valence electrons. The van der Waals surface area contributed by atoms with Crippen LogP contribution in [0.25, 0.3) is 10.2 Å². The molecule has 15 heavy (non-hydrogen) atoms. The summed E-state index contributed by atoms with van der Waals surface area (Å²) in [6.07, 6.45) is 0.913. The Morgan fingerprint density at radius 1 is 1.47 bits per heavy atom. The zero-order valence-corrected chi connectivity index (χ0v) is 9.12. The lowest BCUT2D eigenvalue weighted by Crippen LogP contribution is -1.80. The van der Waals surface area contributed by atoms with Gasteiger partial charge in [-0.2, -0.15) is 0 Å². The molecule has 0 radical (unpaired) electrons. The second-order valence-electron chi connectivity index (χ2n) is 2.64. The fourth-order valence-corrected chi connectivity index (χ4v) is 2.79. The number of hydrogen-bond donors (Lipinski definition) is 0. The molecule has 0 N–H and O–H groups in total. The summed E-state index contributed by atoms with van der Waals surface area (Å²) in [7, 11) is 0. The standard InChI is InChI=1S/C9H6N2O2S2/c12-11(13)5-6-14-9-10-7-3-1-2-4-8(7)15-9/h1-6H. The molecule has 0 aliphatic heterocycles. The molecule has 0 bridgehead atoms. The average Bonchev–Trinajstić information content (AvgIpc) is 2.59. The van der Waals surface area contributed by atoms with E-state index in [0.717, 1.165) is 20.8 Å². The van der Waals surface area contributed by atoms with Gasteiger partial charge in [0, 0.05) is 5.41 Å². The Hall–Kier alpha value is -1.40. The predicted molar refractivity (Wildman–Crippen MR) is 61.6 cm³/mol. The van der Waals surface area contributed by atoms with Crippen LogP contribution in [-0.4, -0.2) is 9.91 Å². The van der Waals surface area contributed by atoms with Crippen molar-refractivity contribution in [1.29, 1.82) is 0 Å². The van der Waals surface area contributed by atoms with Crippen LogP contribution in [0.4, 0.5) is 0 Å². The van der Waals surface area contributed by atoms with Gasteiger partial charge in [0.05, 0.1) is 15.1 Å². The maximum Gasteiger partial charge on any atom is 0.241 e. The third kappa shape index (κ3) is 2.54. The Balaban J connectivity index is 2.19. The van der Waals surface area contributed by atoms with Crippen molar-refractivity contribution in [1.82, 2.24) is 4.98 Å². The lowest BCUT2D eigenvalue weighted by Gasteiger charge is -1.82.